The molecule has 2 heterocycles. The van der Waals surface area contributed by atoms with E-state index in [0.29, 0.717) is 18.4 Å². The summed E-state index contributed by atoms with van der Waals surface area (Å²) in [5.41, 5.74) is 2.27. The normalized spacial score (nSPS) is 10.8. The van der Waals surface area contributed by atoms with E-state index in [1.165, 1.54) is 4.68 Å². The number of carbonyl (C=O) groups is 1. The summed E-state index contributed by atoms with van der Waals surface area (Å²) >= 11 is 0. The van der Waals surface area contributed by atoms with Gasteiger partial charge in [-0.2, -0.15) is 5.10 Å². The molecule has 0 unspecified atom stereocenters. The van der Waals surface area contributed by atoms with E-state index in [2.05, 4.69) is 10.1 Å². The fourth-order valence-corrected chi connectivity index (χ4v) is 3.56. The average molecular weight is 398 g/mol. The first-order chi connectivity index (χ1) is 14.7. The molecule has 0 saturated heterocycles. The fourth-order valence-electron chi connectivity index (χ4n) is 3.56. The molecule has 1 amide bonds. The third-order valence-electron chi connectivity index (χ3n) is 5.01. The van der Waals surface area contributed by atoms with Crippen molar-refractivity contribution in [1.82, 2.24) is 14.8 Å². The van der Waals surface area contributed by atoms with E-state index in [1.807, 2.05) is 67.6 Å². The Balaban J connectivity index is 1.73. The van der Waals surface area contributed by atoms with Crippen LogP contribution in [0, 0.1) is 0 Å². The molecule has 4 rings (SSSR count). The van der Waals surface area contributed by atoms with Crippen LogP contribution in [0.25, 0.3) is 10.8 Å². The summed E-state index contributed by atoms with van der Waals surface area (Å²) in [6, 6.07) is 20.7. The van der Waals surface area contributed by atoms with Crippen molar-refractivity contribution in [1.29, 1.82) is 0 Å². The number of likely N-dealkylation sites (N-methyl/N-ethyl adjacent to an activating group) is 1. The first-order valence-corrected chi connectivity index (χ1v) is 9.90. The van der Waals surface area contributed by atoms with E-state index in [9.17, 15) is 9.59 Å². The first-order valence-electron chi connectivity index (χ1n) is 9.90. The lowest BCUT2D eigenvalue weighted by atomic mass is 10.1. The van der Waals surface area contributed by atoms with E-state index >= 15 is 0 Å². The van der Waals surface area contributed by atoms with E-state index in [4.69, 9.17) is 0 Å². The van der Waals surface area contributed by atoms with Gasteiger partial charge in [-0.1, -0.05) is 42.5 Å². The van der Waals surface area contributed by atoms with Crippen LogP contribution in [0.1, 0.15) is 18.2 Å². The lowest BCUT2D eigenvalue weighted by Crippen LogP contribution is -2.37. The van der Waals surface area contributed by atoms with Gasteiger partial charge in [-0.15, -0.1) is 0 Å². The van der Waals surface area contributed by atoms with Gasteiger partial charge in [0.05, 0.1) is 11.1 Å². The maximum atomic E-state index is 13.0. The maximum absolute atomic E-state index is 13.0. The second-order valence-corrected chi connectivity index (χ2v) is 6.97. The number of para-hydroxylation sites is 1. The molecule has 2 aromatic carbocycles. The summed E-state index contributed by atoms with van der Waals surface area (Å²) in [7, 11) is 0. The van der Waals surface area contributed by atoms with Gasteiger partial charge in [-0.3, -0.25) is 14.6 Å². The van der Waals surface area contributed by atoms with E-state index in [-0.39, 0.29) is 18.0 Å². The number of fused-ring (bicyclic) bond motifs is 1. The smallest absolute Gasteiger partial charge is 0.275 e. The van der Waals surface area contributed by atoms with Crippen LogP contribution in [0.15, 0.2) is 83.9 Å². The van der Waals surface area contributed by atoms with Gasteiger partial charge in [-0.05, 0) is 36.8 Å². The van der Waals surface area contributed by atoms with Gasteiger partial charge < -0.3 is 4.90 Å². The molecule has 150 valence electrons. The van der Waals surface area contributed by atoms with Crippen LogP contribution in [-0.2, 0) is 17.8 Å². The van der Waals surface area contributed by atoms with Crippen molar-refractivity contribution in [2.45, 2.75) is 19.9 Å². The van der Waals surface area contributed by atoms with Crippen LogP contribution in [0.3, 0.4) is 0 Å². The topological polar surface area (TPSA) is 68.1 Å². The van der Waals surface area contributed by atoms with Gasteiger partial charge in [0.15, 0.2) is 0 Å². The van der Waals surface area contributed by atoms with E-state index in [0.717, 1.165) is 22.3 Å². The highest BCUT2D eigenvalue weighted by Crippen LogP contribution is 2.17. The maximum Gasteiger partial charge on any atom is 0.275 e. The molecule has 0 aliphatic heterocycles. The number of aromatic nitrogens is 3. The number of pyridine rings is 1. The molecule has 0 fully saturated rings. The predicted octanol–water partition coefficient (Wildman–Crippen LogP) is 3.44. The molecular formula is C24H22N4O2. The zero-order valence-corrected chi connectivity index (χ0v) is 16.7. The van der Waals surface area contributed by atoms with E-state index in [1.54, 1.807) is 23.4 Å². The van der Waals surface area contributed by atoms with Crippen molar-refractivity contribution in [3.05, 3.63) is 101 Å². The summed E-state index contributed by atoms with van der Waals surface area (Å²) in [6.07, 6.45) is 4.03. The Kier molecular flexibility index (Phi) is 5.66. The molecule has 0 spiro atoms. The van der Waals surface area contributed by atoms with Crippen LogP contribution in [0.4, 0.5) is 5.69 Å². The monoisotopic (exact) mass is 398 g/mol. The Morgan fingerprint density at radius 1 is 0.967 bits per heavy atom. The summed E-state index contributed by atoms with van der Waals surface area (Å²) < 4.78 is 1.28. The highest BCUT2D eigenvalue weighted by molar-refractivity contribution is 5.93. The number of rotatable bonds is 6. The minimum absolute atomic E-state index is 0.119. The van der Waals surface area contributed by atoms with Gasteiger partial charge in [0.1, 0.15) is 6.54 Å². The standard InChI is InChI=1S/C24H22N4O2/c1-2-27(19-10-4-3-5-11-19)23(29)17-28-24(30)21-13-7-6-12-20(21)22(26-28)15-18-9-8-14-25-16-18/h3-14,16H,2,15,17H2,1H3. The third kappa shape index (κ3) is 3.98. The van der Waals surface area contributed by atoms with Crippen molar-refractivity contribution in [3.63, 3.8) is 0 Å². The first kappa shape index (κ1) is 19.5. The Labute approximate surface area is 174 Å². The SMILES string of the molecule is CCN(C(=O)Cn1nc(Cc2cccnc2)c2ccccc2c1=O)c1ccccc1. The number of amides is 1. The molecular weight excluding hydrogens is 376 g/mol. The molecule has 0 saturated carbocycles. The molecule has 0 radical (unpaired) electrons. The molecule has 6 nitrogen and oxygen atoms in total. The quantitative estimate of drug-likeness (QED) is 0.499. The van der Waals surface area contributed by atoms with Crippen LogP contribution >= 0.6 is 0 Å². The van der Waals surface area contributed by atoms with Gasteiger partial charge in [-0.25, -0.2) is 4.68 Å². The van der Waals surface area contributed by atoms with Gasteiger partial charge in [0, 0.05) is 36.4 Å². The Morgan fingerprint density at radius 3 is 2.40 bits per heavy atom. The molecule has 0 atom stereocenters. The molecule has 4 aromatic rings. The zero-order chi connectivity index (χ0) is 20.9. The van der Waals surface area contributed by atoms with Crippen molar-refractivity contribution < 1.29 is 4.79 Å². The highest BCUT2D eigenvalue weighted by atomic mass is 16.2. The van der Waals surface area contributed by atoms with Crippen LogP contribution in [0.2, 0.25) is 0 Å². The number of hydrogen-bond acceptors (Lipinski definition) is 4. The number of carbonyl (C=O) groups excluding carboxylic acids is 1. The molecule has 0 aliphatic carbocycles. The number of nitrogens with zero attached hydrogens (tertiary/aromatic N) is 4. The van der Waals surface area contributed by atoms with Crippen molar-refractivity contribution >= 4 is 22.4 Å². The Hall–Kier alpha value is -3.80. The highest BCUT2D eigenvalue weighted by Gasteiger charge is 2.18. The molecule has 0 N–H and O–H groups in total. The zero-order valence-electron chi connectivity index (χ0n) is 16.7. The van der Waals surface area contributed by atoms with Crippen LogP contribution in [-0.4, -0.2) is 27.2 Å². The van der Waals surface area contributed by atoms with Crippen molar-refractivity contribution in [3.8, 4) is 0 Å². The lowest BCUT2D eigenvalue weighted by Gasteiger charge is -2.21. The van der Waals surface area contributed by atoms with Gasteiger partial charge in [0.2, 0.25) is 5.91 Å². The van der Waals surface area contributed by atoms with Crippen molar-refractivity contribution in [2.24, 2.45) is 0 Å². The minimum atomic E-state index is -0.266. The largest absolute Gasteiger partial charge is 0.311 e. The predicted molar refractivity (Wildman–Crippen MR) is 118 cm³/mol. The third-order valence-corrected chi connectivity index (χ3v) is 5.01. The molecule has 0 bridgehead atoms. The van der Waals surface area contributed by atoms with Crippen LogP contribution < -0.4 is 10.5 Å². The summed E-state index contributed by atoms with van der Waals surface area (Å²) in [6.45, 7) is 2.30. The van der Waals surface area contributed by atoms with Crippen LogP contribution in [0.5, 0.6) is 0 Å². The number of hydrogen-bond donors (Lipinski definition) is 0. The minimum Gasteiger partial charge on any atom is -0.311 e. The average Bonchev–Trinajstić information content (AvgIpc) is 2.79. The number of benzene rings is 2. The lowest BCUT2D eigenvalue weighted by molar-refractivity contribution is -0.119. The fraction of sp³-hybridized carbons (Fsp3) is 0.167. The second kappa shape index (κ2) is 8.69. The van der Waals surface area contributed by atoms with E-state index < -0.39 is 0 Å². The Bertz CT molecular complexity index is 1220. The van der Waals surface area contributed by atoms with Crippen molar-refractivity contribution in [2.75, 3.05) is 11.4 Å². The number of anilines is 1. The molecule has 6 heteroatoms. The molecule has 0 aliphatic rings. The molecule has 30 heavy (non-hydrogen) atoms. The summed E-state index contributed by atoms with van der Waals surface area (Å²) in [5.74, 6) is -0.180. The second-order valence-electron chi connectivity index (χ2n) is 6.97. The summed E-state index contributed by atoms with van der Waals surface area (Å²) in [5, 5.41) is 5.93. The van der Waals surface area contributed by atoms with Gasteiger partial charge in [0.25, 0.3) is 5.56 Å². The molecule has 2 aromatic heterocycles. The Morgan fingerprint density at radius 2 is 1.70 bits per heavy atom. The van der Waals surface area contributed by atoms with Gasteiger partial charge >= 0.3 is 0 Å². The summed E-state index contributed by atoms with van der Waals surface area (Å²) in [4.78, 5) is 31.9.